The molecule has 0 aliphatic carbocycles. The molecule has 144 valence electrons. The molecule has 28 heavy (non-hydrogen) atoms. The van der Waals surface area contributed by atoms with Crippen molar-refractivity contribution in [3.05, 3.63) is 87.6 Å². The minimum absolute atomic E-state index is 0.0727. The van der Waals surface area contributed by atoms with Crippen LogP contribution in [0.5, 0.6) is 0 Å². The van der Waals surface area contributed by atoms with Crippen LogP contribution in [0.1, 0.15) is 32.4 Å². The van der Waals surface area contributed by atoms with Crippen LogP contribution >= 0.6 is 11.3 Å². The number of amides is 2. The van der Waals surface area contributed by atoms with Gasteiger partial charge in [0, 0.05) is 23.9 Å². The Balaban J connectivity index is 1.67. The zero-order valence-corrected chi connectivity index (χ0v) is 16.8. The molecule has 0 spiro atoms. The fourth-order valence-corrected chi connectivity index (χ4v) is 3.83. The molecule has 0 bridgehead atoms. The SMILES string of the molecule is CNC(=O)c1cccc(NC(=O)C[NH2+][C@@H](c2ccc(C)cc2)c2cccs2)c1. The lowest BCUT2D eigenvalue weighted by molar-refractivity contribution is -0.675. The van der Waals surface area contributed by atoms with Crippen LogP contribution in [0, 0.1) is 6.92 Å². The lowest BCUT2D eigenvalue weighted by atomic mass is 10.0. The lowest BCUT2D eigenvalue weighted by Gasteiger charge is -2.15. The van der Waals surface area contributed by atoms with Gasteiger partial charge in [-0.25, -0.2) is 0 Å². The van der Waals surface area contributed by atoms with Gasteiger partial charge in [-0.05, 0) is 36.6 Å². The largest absolute Gasteiger partial charge is 0.355 e. The van der Waals surface area contributed by atoms with Crippen LogP contribution < -0.4 is 16.0 Å². The first-order chi connectivity index (χ1) is 13.6. The third-order valence-electron chi connectivity index (χ3n) is 4.46. The minimum atomic E-state index is -0.181. The molecule has 0 radical (unpaired) electrons. The van der Waals surface area contributed by atoms with Gasteiger partial charge < -0.3 is 16.0 Å². The molecule has 3 rings (SSSR count). The number of hydrogen-bond donors (Lipinski definition) is 3. The summed E-state index contributed by atoms with van der Waals surface area (Å²) < 4.78 is 0. The Labute approximate surface area is 168 Å². The van der Waals surface area contributed by atoms with Gasteiger partial charge in [0.15, 0.2) is 6.54 Å². The molecule has 2 aromatic carbocycles. The maximum atomic E-state index is 12.5. The van der Waals surface area contributed by atoms with E-state index in [2.05, 4.69) is 53.3 Å². The molecule has 0 aliphatic heterocycles. The van der Waals surface area contributed by atoms with Gasteiger partial charge in [-0.15, -0.1) is 11.3 Å². The predicted molar refractivity (Wildman–Crippen MR) is 113 cm³/mol. The van der Waals surface area contributed by atoms with Gasteiger partial charge in [-0.1, -0.05) is 42.0 Å². The second-order valence-corrected chi connectivity index (χ2v) is 7.53. The summed E-state index contributed by atoms with van der Waals surface area (Å²) in [6.07, 6.45) is 0. The summed E-state index contributed by atoms with van der Waals surface area (Å²) in [5, 5.41) is 9.55. The standard InChI is InChI=1S/C22H23N3O2S/c1-15-8-10-16(11-9-15)21(19-7-4-12-28-19)24-14-20(26)25-18-6-3-5-17(13-18)22(27)23-2/h3-13,21,24H,14H2,1-2H3,(H,23,27)(H,25,26)/p+1/t21-/m0/s1. The normalized spacial score (nSPS) is 11.6. The van der Waals surface area contributed by atoms with Crippen molar-refractivity contribution in [2.24, 2.45) is 0 Å². The number of thiophene rings is 1. The van der Waals surface area contributed by atoms with Gasteiger partial charge in [0.1, 0.15) is 6.04 Å². The number of nitrogens with one attached hydrogen (secondary N) is 2. The molecule has 0 fully saturated rings. The number of anilines is 1. The Kier molecular flexibility index (Phi) is 6.57. The number of carbonyl (C=O) groups is 2. The summed E-state index contributed by atoms with van der Waals surface area (Å²) in [6.45, 7) is 2.34. The topological polar surface area (TPSA) is 74.8 Å². The van der Waals surface area contributed by atoms with Crippen molar-refractivity contribution >= 4 is 28.8 Å². The first kappa shape index (κ1) is 19.8. The average Bonchev–Trinajstić information content (AvgIpc) is 3.23. The monoisotopic (exact) mass is 394 g/mol. The Hall–Kier alpha value is -2.96. The molecule has 0 aliphatic rings. The third-order valence-corrected chi connectivity index (χ3v) is 5.42. The van der Waals surface area contributed by atoms with Crippen LogP contribution in [0.15, 0.2) is 66.0 Å². The average molecular weight is 395 g/mol. The first-order valence-electron chi connectivity index (χ1n) is 9.12. The van der Waals surface area contributed by atoms with Crippen LogP contribution in [0.3, 0.4) is 0 Å². The van der Waals surface area contributed by atoms with E-state index in [0.29, 0.717) is 11.3 Å². The molecule has 0 saturated carbocycles. The lowest BCUT2D eigenvalue weighted by Crippen LogP contribution is -2.87. The van der Waals surface area contributed by atoms with Gasteiger partial charge in [0.05, 0.1) is 4.88 Å². The number of carbonyl (C=O) groups excluding carboxylic acids is 2. The maximum absolute atomic E-state index is 12.5. The Morgan fingerprint density at radius 1 is 1.07 bits per heavy atom. The molecular formula is C22H24N3O2S+. The third kappa shape index (κ3) is 5.06. The quantitative estimate of drug-likeness (QED) is 0.576. The number of benzene rings is 2. The molecule has 1 heterocycles. The van der Waals surface area contributed by atoms with E-state index < -0.39 is 0 Å². The number of hydrogen-bond acceptors (Lipinski definition) is 3. The van der Waals surface area contributed by atoms with Crippen molar-refractivity contribution in [2.75, 3.05) is 18.9 Å². The van der Waals surface area contributed by atoms with Gasteiger partial charge >= 0.3 is 0 Å². The highest BCUT2D eigenvalue weighted by Gasteiger charge is 2.20. The van der Waals surface area contributed by atoms with E-state index in [1.165, 1.54) is 16.0 Å². The molecule has 4 N–H and O–H groups in total. The van der Waals surface area contributed by atoms with Crippen molar-refractivity contribution in [3.8, 4) is 0 Å². The van der Waals surface area contributed by atoms with Crippen LogP contribution in [0.25, 0.3) is 0 Å². The highest BCUT2D eigenvalue weighted by atomic mass is 32.1. The molecule has 0 saturated heterocycles. The van der Waals surface area contributed by atoms with E-state index in [4.69, 9.17) is 0 Å². The molecule has 6 heteroatoms. The second kappa shape index (κ2) is 9.30. The smallest absolute Gasteiger partial charge is 0.279 e. The number of aryl methyl sites for hydroxylation is 1. The van der Waals surface area contributed by atoms with E-state index in [0.717, 1.165) is 0 Å². The summed E-state index contributed by atoms with van der Waals surface area (Å²) in [7, 11) is 1.58. The summed E-state index contributed by atoms with van der Waals surface area (Å²) >= 11 is 1.69. The molecule has 0 unspecified atom stereocenters. The predicted octanol–water partition coefficient (Wildman–Crippen LogP) is 2.71. The van der Waals surface area contributed by atoms with E-state index in [1.54, 1.807) is 42.6 Å². The van der Waals surface area contributed by atoms with Crippen LogP contribution in [0.2, 0.25) is 0 Å². The minimum Gasteiger partial charge on any atom is -0.355 e. The number of nitrogens with two attached hydrogens (primary N) is 1. The van der Waals surface area contributed by atoms with E-state index in [1.807, 2.05) is 11.4 Å². The zero-order valence-electron chi connectivity index (χ0n) is 15.9. The maximum Gasteiger partial charge on any atom is 0.279 e. The van der Waals surface area contributed by atoms with Gasteiger partial charge in [0.25, 0.3) is 11.8 Å². The van der Waals surface area contributed by atoms with Crippen LogP contribution in [-0.4, -0.2) is 25.4 Å². The van der Waals surface area contributed by atoms with Crippen molar-refractivity contribution in [1.82, 2.24) is 5.32 Å². The second-order valence-electron chi connectivity index (χ2n) is 6.55. The van der Waals surface area contributed by atoms with Crippen molar-refractivity contribution in [3.63, 3.8) is 0 Å². The molecule has 1 aromatic heterocycles. The Morgan fingerprint density at radius 3 is 2.54 bits per heavy atom. The van der Waals surface area contributed by atoms with Gasteiger partial charge in [-0.2, -0.15) is 0 Å². The molecule has 3 aromatic rings. The summed E-state index contributed by atoms with van der Waals surface area (Å²) in [6, 6.07) is 19.5. The molecule has 5 nitrogen and oxygen atoms in total. The van der Waals surface area contributed by atoms with Crippen LogP contribution in [-0.2, 0) is 4.79 Å². The number of rotatable bonds is 7. The molecular weight excluding hydrogens is 370 g/mol. The summed E-state index contributed by atoms with van der Waals surface area (Å²) in [5.74, 6) is -0.289. The highest BCUT2D eigenvalue weighted by molar-refractivity contribution is 7.10. The van der Waals surface area contributed by atoms with E-state index in [9.17, 15) is 9.59 Å². The zero-order chi connectivity index (χ0) is 19.9. The van der Waals surface area contributed by atoms with E-state index >= 15 is 0 Å². The Bertz CT molecular complexity index is 937. The fraction of sp³-hybridized carbons (Fsp3) is 0.182. The van der Waals surface area contributed by atoms with Crippen LogP contribution in [0.4, 0.5) is 5.69 Å². The van der Waals surface area contributed by atoms with Crippen molar-refractivity contribution in [1.29, 1.82) is 0 Å². The number of quaternary nitrogens is 1. The fourth-order valence-electron chi connectivity index (χ4n) is 2.98. The van der Waals surface area contributed by atoms with Crippen molar-refractivity contribution in [2.45, 2.75) is 13.0 Å². The van der Waals surface area contributed by atoms with Gasteiger partial charge in [0.2, 0.25) is 0 Å². The molecule has 2 amide bonds. The van der Waals surface area contributed by atoms with Crippen molar-refractivity contribution < 1.29 is 14.9 Å². The first-order valence-corrected chi connectivity index (χ1v) is 10.00. The van der Waals surface area contributed by atoms with Gasteiger partial charge in [-0.3, -0.25) is 9.59 Å². The molecule has 1 atom stereocenters. The Morgan fingerprint density at radius 2 is 1.86 bits per heavy atom. The summed E-state index contributed by atoms with van der Waals surface area (Å²) in [5.41, 5.74) is 3.51. The van der Waals surface area contributed by atoms with E-state index in [-0.39, 0.29) is 24.4 Å². The highest BCUT2D eigenvalue weighted by Crippen LogP contribution is 2.23. The summed E-state index contributed by atoms with van der Waals surface area (Å²) in [4.78, 5) is 25.4.